The van der Waals surface area contributed by atoms with Gasteiger partial charge in [-0.15, -0.1) is 0 Å². The Kier molecular flexibility index (Phi) is 13.3. The van der Waals surface area contributed by atoms with Gasteiger partial charge in [0.1, 0.15) is 17.2 Å². The maximum absolute atomic E-state index is 11.1. The van der Waals surface area contributed by atoms with Crippen LogP contribution in [0.25, 0.3) is 0 Å². The summed E-state index contributed by atoms with van der Waals surface area (Å²) in [6.07, 6.45) is 2.76. The minimum absolute atomic E-state index is 0.124. The van der Waals surface area contributed by atoms with Gasteiger partial charge in [-0.2, -0.15) is 0 Å². The Labute approximate surface area is 203 Å². The largest absolute Gasteiger partial charge is 0.507 e. The highest BCUT2D eigenvalue weighted by molar-refractivity contribution is 5.84. The monoisotopic (exact) mass is 477 g/mol. The molecule has 190 valence electrons. The zero-order valence-electron chi connectivity index (χ0n) is 21.4. The van der Waals surface area contributed by atoms with Gasteiger partial charge >= 0.3 is 0 Å². The van der Waals surface area contributed by atoms with E-state index in [0.717, 1.165) is 25.9 Å². The Hall–Kier alpha value is -3.13. The summed E-state index contributed by atoms with van der Waals surface area (Å²) in [6, 6.07) is 8.52. The van der Waals surface area contributed by atoms with Gasteiger partial charge in [0.25, 0.3) is 0 Å². The van der Waals surface area contributed by atoms with Crippen molar-refractivity contribution in [2.75, 3.05) is 55.2 Å². The quantitative estimate of drug-likeness (QED) is 0.417. The third kappa shape index (κ3) is 9.02. The van der Waals surface area contributed by atoms with Gasteiger partial charge in [0.15, 0.2) is 17.8 Å². The van der Waals surface area contributed by atoms with Crippen molar-refractivity contribution in [3.05, 3.63) is 35.9 Å². The van der Waals surface area contributed by atoms with Crippen LogP contribution in [-0.4, -0.2) is 71.5 Å². The van der Waals surface area contributed by atoms with Gasteiger partial charge in [-0.3, -0.25) is 4.79 Å². The van der Waals surface area contributed by atoms with Crippen LogP contribution >= 0.6 is 0 Å². The number of phenolic OH excluding ortho intramolecular Hbond substituents is 1. The molecule has 0 fully saturated rings. The molecular formula is C26H39NO7. The van der Waals surface area contributed by atoms with E-state index < -0.39 is 0 Å². The Morgan fingerprint density at radius 3 is 2.15 bits per heavy atom. The molecular weight excluding hydrogens is 438 g/mol. The smallest absolute Gasteiger partial charge is 0.203 e. The Morgan fingerprint density at radius 1 is 1.00 bits per heavy atom. The van der Waals surface area contributed by atoms with Gasteiger partial charge in [-0.1, -0.05) is 19.9 Å². The van der Waals surface area contributed by atoms with Crippen LogP contribution in [0.2, 0.25) is 0 Å². The van der Waals surface area contributed by atoms with E-state index in [2.05, 4.69) is 25.8 Å². The second-order valence-corrected chi connectivity index (χ2v) is 7.83. The highest BCUT2D eigenvalue weighted by Crippen LogP contribution is 2.36. The Morgan fingerprint density at radius 2 is 1.65 bits per heavy atom. The van der Waals surface area contributed by atoms with Gasteiger partial charge in [-0.05, 0) is 51.0 Å². The lowest BCUT2D eigenvalue weighted by Crippen LogP contribution is -2.20. The molecule has 0 spiro atoms. The lowest BCUT2D eigenvalue weighted by Gasteiger charge is -2.17. The molecule has 0 saturated heterocycles. The molecule has 1 unspecified atom stereocenters. The summed E-state index contributed by atoms with van der Waals surface area (Å²) in [6.45, 7) is 6.88. The van der Waals surface area contributed by atoms with E-state index in [9.17, 15) is 9.90 Å². The van der Waals surface area contributed by atoms with Crippen molar-refractivity contribution in [2.24, 2.45) is 5.92 Å². The van der Waals surface area contributed by atoms with E-state index in [1.54, 1.807) is 27.4 Å². The van der Waals surface area contributed by atoms with Crippen LogP contribution in [0.1, 0.15) is 37.0 Å². The van der Waals surface area contributed by atoms with Crippen molar-refractivity contribution in [1.29, 1.82) is 0 Å². The number of aldehydes is 1. The summed E-state index contributed by atoms with van der Waals surface area (Å²) in [5.74, 6) is 3.07. The zero-order chi connectivity index (χ0) is 25.5. The number of hydrogen-bond acceptors (Lipinski definition) is 8. The van der Waals surface area contributed by atoms with Crippen LogP contribution in [0.4, 0.5) is 0 Å². The van der Waals surface area contributed by atoms with Crippen molar-refractivity contribution in [3.63, 3.8) is 0 Å². The topological polar surface area (TPSA) is 86.7 Å². The Balaban J connectivity index is 0.000000404. The summed E-state index contributed by atoms with van der Waals surface area (Å²) < 4.78 is 26.1. The van der Waals surface area contributed by atoms with E-state index >= 15 is 0 Å². The van der Waals surface area contributed by atoms with Crippen molar-refractivity contribution in [2.45, 2.75) is 26.7 Å². The molecule has 0 amide bonds. The maximum atomic E-state index is 11.1. The highest BCUT2D eigenvalue weighted by atomic mass is 16.5. The second kappa shape index (κ2) is 15.7. The first-order valence-corrected chi connectivity index (χ1v) is 11.3. The van der Waals surface area contributed by atoms with Crippen LogP contribution in [0, 0.1) is 5.92 Å². The predicted molar refractivity (Wildman–Crippen MR) is 133 cm³/mol. The molecule has 2 aromatic rings. The molecule has 34 heavy (non-hydrogen) atoms. The van der Waals surface area contributed by atoms with Gasteiger partial charge in [0.05, 0.1) is 40.6 Å². The normalized spacial score (nSPS) is 11.2. The Bertz CT molecular complexity index is 850. The lowest BCUT2D eigenvalue weighted by atomic mass is 10.1. The van der Waals surface area contributed by atoms with Crippen molar-refractivity contribution in [1.82, 2.24) is 4.90 Å². The average molecular weight is 478 g/mol. The summed E-state index contributed by atoms with van der Waals surface area (Å²) >= 11 is 0. The fraction of sp³-hybridized carbons (Fsp3) is 0.500. The molecule has 0 aliphatic rings. The number of para-hydroxylation sites is 1. The molecule has 2 rings (SSSR count). The van der Waals surface area contributed by atoms with E-state index in [1.165, 1.54) is 13.2 Å². The van der Waals surface area contributed by atoms with E-state index in [0.29, 0.717) is 47.6 Å². The number of benzene rings is 2. The summed E-state index contributed by atoms with van der Waals surface area (Å²) in [5, 5.41) is 9.80. The van der Waals surface area contributed by atoms with Crippen LogP contribution in [0.3, 0.4) is 0 Å². The number of aromatic hydroxyl groups is 1. The number of rotatable bonds is 13. The first-order valence-electron chi connectivity index (χ1n) is 11.3. The van der Waals surface area contributed by atoms with Gasteiger partial charge < -0.3 is 33.7 Å². The molecule has 1 atom stereocenters. The molecule has 0 saturated carbocycles. The molecule has 0 bridgehead atoms. The van der Waals surface area contributed by atoms with Crippen molar-refractivity contribution in [3.8, 4) is 34.5 Å². The molecule has 0 aliphatic heterocycles. The molecule has 1 N–H and O–H groups in total. The molecule has 2 aromatic carbocycles. The van der Waals surface area contributed by atoms with E-state index in [1.807, 2.05) is 18.2 Å². The van der Waals surface area contributed by atoms with E-state index in [-0.39, 0.29) is 11.3 Å². The summed E-state index contributed by atoms with van der Waals surface area (Å²) in [7, 11) is 8.39. The number of nitrogens with zero attached hydrogens (tertiary/aromatic N) is 1. The third-order valence-corrected chi connectivity index (χ3v) is 5.33. The first-order chi connectivity index (χ1) is 16.3. The number of phenols is 1. The predicted octanol–water partition coefficient (Wildman–Crippen LogP) is 4.67. The molecule has 8 nitrogen and oxygen atoms in total. The number of carbonyl (C=O) groups is 1. The first kappa shape index (κ1) is 28.9. The average Bonchev–Trinajstić information content (AvgIpc) is 2.86. The van der Waals surface area contributed by atoms with Crippen molar-refractivity contribution < 1.29 is 33.6 Å². The van der Waals surface area contributed by atoms with Crippen LogP contribution in [0.5, 0.6) is 34.5 Å². The fourth-order valence-corrected chi connectivity index (χ4v) is 3.14. The van der Waals surface area contributed by atoms with Crippen LogP contribution in [0.15, 0.2) is 30.3 Å². The maximum Gasteiger partial charge on any atom is 0.203 e. The molecule has 0 heterocycles. The van der Waals surface area contributed by atoms with Gasteiger partial charge in [0.2, 0.25) is 5.75 Å². The van der Waals surface area contributed by atoms with Crippen molar-refractivity contribution >= 4 is 6.29 Å². The lowest BCUT2D eigenvalue weighted by molar-refractivity contribution is 0.111. The molecule has 0 aromatic heterocycles. The number of hydrogen-bond donors (Lipinski definition) is 1. The summed E-state index contributed by atoms with van der Waals surface area (Å²) in [5.41, 5.74) is 0.165. The SMILES string of the molecule is CCN(C)CCCC(C)COc1cc(OC)cc(O)c1C=O.COc1cccc(OC)c1OC. The van der Waals surface area contributed by atoms with Gasteiger partial charge in [-0.25, -0.2) is 0 Å². The summed E-state index contributed by atoms with van der Waals surface area (Å²) in [4.78, 5) is 13.4. The van der Waals surface area contributed by atoms with Crippen LogP contribution < -0.4 is 23.7 Å². The zero-order valence-corrected chi connectivity index (χ0v) is 21.4. The number of carbonyl (C=O) groups excluding carboxylic acids is 1. The molecule has 8 heteroatoms. The van der Waals surface area contributed by atoms with Crippen LogP contribution in [-0.2, 0) is 0 Å². The van der Waals surface area contributed by atoms with E-state index in [4.69, 9.17) is 23.7 Å². The number of methoxy groups -OCH3 is 4. The number of ether oxygens (including phenoxy) is 5. The third-order valence-electron chi connectivity index (χ3n) is 5.33. The molecule has 0 aliphatic carbocycles. The minimum atomic E-state index is -0.124. The molecule has 0 radical (unpaired) electrons. The minimum Gasteiger partial charge on any atom is -0.507 e. The highest BCUT2D eigenvalue weighted by Gasteiger charge is 2.13. The second-order valence-electron chi connectivity index (χ2n) is 7.83. The standard InChI is InChI=1S/C17H27NO4.C9H12O3/c1-5-18(3)8-6-7-13(2)12-22-17-10-14(21-4)9-16(20)15(17)11-19;1-10-7-5-4-6-8(11-2)9(7)12-3/h9-11,13,20H,5-8,12H2,1-4H3;4-6H,1-3H3. The fourth-order valence-electron chi connectivity index (χ4n) is 3.14. The van der Waals surface area contributed by atoms with Gasteiger partial charge in [0, 0.05) is 12.1 Å².